The van der Waals surface area contributed by atoms with E-state index in [1.165, 1.54) is 6.92 Å². The van der Waals surface area contributed by atoms with Crippen LogP contribution in [0.1, 0.15) is 18.1 Å². The molecule has 0 fully saturated rings. The topological polar surface area (TPSA) is 66.4 Å². The van der Waals surface area contributed by atoms with Crippen LogP contribution in [0.2, 0.25) is 0 Å². The lowest BCUT2D eigenvalue weighted by molar-refractivity contribution is 0.198. The number of sulfonamides is 1. The smallest absolute Gasteiger partial charge is 0.241 e. The van der Waals surface area contributed by atoms with E-state index in [0.29, 0.717) is 4.47 Å². The summed E-state index contributed by atoms with van der Waals surface area (Å²) in [6, 6.07) is 3.38. The number of benzene rings is 1. The largest absolute Gasteiger partial charge is 0.392 e. The molecule has 0 heterocycles. The van der Waals surface area contributed by atoms with Crippen LogP contribution in [0.4, 0.5) is 0 Å². The first-order valence-electron chi connectivity index (χ1n) is 5.18. The zero-order valence-electron chi connectivity index (χ0n) is 9.99. The molecule has 4 nitrogen and oxygen atoms in total. The summed E-state index contributed by atoms with van der Waals surface area (Å²) < 4.78 is 26.8. The molecule has 0 aliphatic carbocycles. The molecule has 0 aliphatic heterocycles. The Balaban J connectivity index is 3.11. The minimum absolute atomic E-state index is 0.00168. The van der Waals surface area contributed by atoms with Gasteiger partial charge >= 0.3 is 0 Å². The molecule has 2 N–H and O–H groups in total. The number of aliphatic hydroxyl groups excluding tert-OH is 1. The van der Waals surface area contributed by atoms with Gasteiger partial charge in [-0.1, -0.05) is 0 Å². The monoisotopic (exact) mass is 321 g/mol. The summed E-state index contributed by atoms with van der Waals surface area (Å²) in [6.07, 6.45) is -0.713. The summed E-state index contributed by atoms with van der Waals surface area (Å²) in [5.74, 6) is 0. The number of aliphatic hydroxyl groups is 1. The molecule has 0 aromatic heterocycles. The van der Waals surface area contributed by atoms with Gasteiger partial charge in [-0.3, -0.25) is 0 Å². The minimum atomic E-state index is -3.58. The van der Waals surface area contributed by atoms with Gasteiger partial charge < -0.3 is 5.11 Å². The lowest BCUT2D eigenvalue weighted by atomic mass is 10.1. The zero-order valence-corrected chi connectivity index (χ0v) is 12.4. The van der Waals surface area contributed by atoms with Gasteiger partial charge in [-0.25, -0.2) is 13.1 Å². The Morgan fingerprint density at radius 1 is 1.35 bits per heavy atom. The summed E-state index contributed by atoms with van der Waals surface area (Å²) in [5.41, 5.74) is 1.93. The Hall–Kier alpha value is -0.430. The molecule has 0 aliphatic rings. The van der Waals surface area contributed by atoms with Crippen LogP contribution in [0.3, 0.4) is 0 Å². The van der Waals surface area contributed by atoms with Gasteiger partial charge in [-0.2, -0.15) is 0 Å². The van der Waals surface area contributed by atoms with E-state index in [9.17, 15) is 8.42 Å². The number of aryl methyl sites for hydroxylation is 2. The maximum absolute atomic E-state index is 12.0. The summed E-state index contributed by atoms with van der Waals surface area (Å²) >= 11 is 3.24. The fourth-order valence-electron chi connectivity index (χ4n) is 1.27. The lowest BCUT2D eigenvalue weighted by Crippen LogP contribution is -2.30. The molecule has 17 heavy (non-hydrogen) atoms. The van der Waals surface area contributed by atoms with Crippen molar-refractivity contribution in [3.05, 3.63) is 27.7 Å². The number of hydrogen-bond acceptors (Lipinski definition) is 3. The normalized spacial score (nSPS) is 13.7. The Labute approximate surface area is 110 Å². The number of rotatable bonds is 4. The van der Waals surface area contributed by atoms with Crippen LogP contribution in [-0.4, -0.2) is 26.2 Å². The first-order valence-corrected chi connectivity index (χ1v) is 7.46. The van der Waals surface area contributed by atoms with Gasteiger partial charge in [-0.05, 0) is 60.0 Å². The van der Waals surface area contributed by atoms with Crippen molar-refractivity contribution in [1.29, 1.82) is 0 Å². The van der Waals surface area contributed by atoms with Gasteiger partial charge in [0.05, 0.1) is 11.0 Å². The molecule has 6 heteroatoms. The molecule has 0 saturated carbocycles. The van der Waals surface area contributed by atoms with Crippen molar-refractivity contribution < 1.29 is 13.5 Å². The molecule has 0 amide bonds. The van der Waals surface area contributed by atoms with Crippen molar-refractivity contribution in [3.8, 4) is 0 Å². The average molecular weight is 322 g/mol. The van der Waals surface area contributed by atoms with Gasteiger partial charge in [0.15, 0.2) is 0 Å². The summed E-state index contributed by atoms with van der Waals surface area (Å²) in [4.78, 5) is 0.196. The van der Waals surface area contributed by atoms with Gasteiger partial charge in [0, 0.05) is 11.0 Å². The third-order valence-electron chi connectivity index (χ3n) is 2.41. The molecule has 0 unspecified atom stereocenters. The van der Waals surface area contributed by atoms with Crippen molar-refractivity contribution in [2.75, 3.05) is 6.54 Å². The third kappa shape index (κ3) is 3.77. The van der Waals surface area contributed by atoms with E-state index in [-0.39, 0.29) is 11.4 Å². The second-order valence-corrected chi connectivity index (χ2v) is 6.66. The zero-order chi connectivity index (χ0) is 13.2. The molecule has 1 aromatic carbocycles. The lowest BCUT2D eigenvalue weighted by Gasteiger charge is -2.11. The van der Waals surface area contributed by atoms with Crippen molar-refractivity contribution in [3.63, 3.8) is 0 Å². The highest BCUT2D eigenvalue weighted by molar-refractivity contribution is 9.10. The number of halogens is 1. The van der Waals surface area contributed by atoms with E-state index in [1.807, 2.05) is 13.8 Å². The minimum Gasteiger partial charge on any atom is -0.392 e. The molecule has 1 aromatic rings. The van der Waals surface area contributed by atoms with Crippen molar-refractivity contribution >= 4 is 26.0 Å². The second kappa shape index (κ2) is 5.48. The Bertz CT molecular complexity index is 512. The standard InChI is InChI=1S/C11H16BrNO3S/c1-7-4-10(12)11(5-8(7)2)17(15,16)13-6-9(3)14/h4-5,9,13-14H,6H2,1-3H3/t9-/m1/s1. The molecule has 0 saturated heterocycles. The SMILES string of the molecule is Cc1cc(Br)c(S(=O)(=O)NC[C@@H](C)O)cc1C. The van der Waals surface area contributed by atoms with Gasteiger partial charge in [0.1, 0.15) is 0 Å². The van der Waals surface area contributed by atoms with E-state index in [0.717, 1.165) is 11.1 Å². The van der Waals surface area contributed by atoms with E-state index >= 15 is 0 Å². The summed E-state index contributed by atoms with van der Waals surface area (Å²) in [5, 5.41) is 9.09. The van der Waals surface area contributed by atoms with Crippen LogP contribution in [0.5, 0.6) is 0 Å². The predicted octanol–water partition coefficient (Wildman–Crippen LogP) is 1.73. The maximum atomic E-state index is 12.0. The van der Waals surface area contributed by atoms with Crippen LogP contribution in [0.15, 0.2) is 21.5 Å². The van der Waals surface area contributed by atoms with Crippen LogP contribution in [0, 0.1) is 13.8 Å². The molecule has 0 bridgehead atoms. The Kier molecular flexibility index (Phi) is 4.71. The first-order chi connectivity index (χ1) is 7.74. The van der Waals surface area contributed by atoms with E-state index in [2.05, 4.69) is 20.7 Å². The fourth-order valence-corrected chi connectivity index (χ4v) is 3.63. The van der Waals surface area contributed by atoms with E-state index in [4.69, 9.17) is 5.11 Å². The summed E-state index contributed by atoms with van der Waals surface area (Å²) in [6.45, 7) is 5.30. The van der Waals surface area contributed by atoms with Gasteiger partial charge in [0.2, 0.25) is 10.0 Å². The van der Waals surface area contributed by atoms with Crippen LogP contribution in [0.25, 0.3) is 0 Å². The summed E-state index contributed by atoms with van der Waals surface area (Å²) in [7, 11) is -3.58. The molecule has 0 spiro atoms. The first kappa shape index (κ1) is 14.6. The van der Waals surface area contributed by atoms with Crippen molar-refractivity contribution in [1.82, 2.24) is 4.72 Å². The highest BCUT2D eigenvalue weighted by Gasteiger charge is 2.18. The second-order valence-electron chi connectivity index (χ2n) is 4.07. The van der Waals surface area contributed by atoms with Gasteiger partial charge in [-0.15, -0.1) is 0 Å². The van der Waals surface area contributed by atoms with E-state index in [1.54, 1.807) is 12.1 Å². The predicted molar refractivity (Wildman–Crippen MR) is 70.5 cm³/mol. The van der Waals surface area contributed by atoms with Gasteiger partial charge in [0.25, 0.3) is 0 Å². The molecule has 1 atom stereocenters. The molecule has 1 rings (SSSR count). The van der Waals surface area contributed by atoms with Crippen molar-refractivity contribution in [2.24, 2.45) is 0 Å². The maximum Gasteiger partial charge on any atom is 0.241 e. The van der Waals surface area contributed by atoms with E-state index < -0.39 is 16.1 Å². The van der Waals surface area contributed by atoms with Crippen LogP contribution >= 0.6 is 15.9 Å². The highest BCUT2D eigenvalue weighted by atomic mass is 79.9. The highest BCUT2D eigenvalue weighted by Crippen LogP contribution is 2.25. The molecule has 0 radical (unpaired) electrons. The molecular formula is C11H16BrNO3S. The molecular weight excluding hydrogens is 306 g/mol. The van der Waals surface area contributed by atoms with Crippen molar-refractivity contribution in [2.45, 2.75) is 31.8 Å². The Morgan fingerprint density at radius 3 is 2.41 bits per heavy atom. The quantitative estimate of drug-likeness (QED) is 0.887. The fraction of sp³-hybridized carbons (Fsp3) is 0.455. The number of nitrogens with one attached hydrogen (secondary N) is 1. The number of hydrogen-bond donors (Lipinski definition) is 2. The average Bonchev–Trinajstić information content (AvgIpc) is 2.20. The van der Waals surface area contributed by atoms with Crippen LogP contribution in [-0.2, 0) is 10.0 Å². The van der Waals surface area contributed by atoms with Crippen LogP contribution < -0.4 is 4.72 Å². The molecule has 96 valence electrons. The third-order valence-corrected chi connectivity index (χ3v) is 4.79. The Morgan fingerprint density at radius 2 is 1.88 bits per heavy atom.